The summed E-state index contributed by atoms with van der Waals surface area (Å²) in [5.74, 6) is 1.80. The molecule has 2 aliphatic carbocycles. The Morgan fingerprint density at radius 3 is 3.05 bits per heavy atom. The van der Waals surface area contributed by atoms with Crippen molar-refractivity contribution < 1.29 is 4.74 Å². The zero-order chi connectivity index (χ0) is 14.6. The summed E-state index contributed by atoms with van der Waals surface area (Å²) in [5, 5.41) is 0. The summed E-state index contributed by atoms with van der Waals surface area (Å²) >= 11 is 0. The number of fused-ring (bicyclic) bond motifs is 1. The zero-order valence-electron chi connectivity index (χ0n) is 13.2. The van der Waals surface area contributed by atoms with Crippen molar-refractivity contribution >= 4 is 0 Å². The normalized spacial score (nSPS) is 35.0. The van der Waals surface area contributed by atoms with Gasteiger partial charge in [0.15, 0.2) is 0 Å². The molecule has 2 bridgehead atoms. The summed E-state index contributed by atoms with van der Waals surface area (Å²) < 4.78 is 5.51. The van der Waals surface area contributed by atoms with E-state index in [0.717, 1.165) is 11.7 Å². The predicted molar refractivity (Wildman–Crippen MR) is 85.9 cm³/mol. The Hall–Kier alpha value is -1.28. The molecule has 1 aromatic rings. The maximum Gasteiger partial charge on any atom is 0.119 e. The SMILES string of the molecule is C=C1CC[C@H]2[C@@H]3Cc4ccc(OC)cc4[C@]2(CCN3C)C1. The molecular formula is C19H25NO. The number of piperidine rings is 1. The summed E-state index contributed by atoms with van der Waals surface area (Å²) in [6.45, 7) is 5.55. The molecule has 1 heterocycles. The van der Waals surface area contributed by atoms with Gasteiger partial charge in [0, 0.05) is 11.5 Å². The number of benzene rings is 1. The molecular weight excluding hydrogens is 258 g/mol. The van der Waals surface area contributed by atoms with E-state index in [9.17, 15) is 0 Å². The molecule has 0 aromatic heterocycles. The van der Waals surface area contributed by atoms with Crippen molar-refractivity contribution in [1.29, 1.82) is 0 Å². The smallest absolute Gasteiger partial charge is 0.119 e. The molecule has 1 aliphatic heterocycles. The highest BCUT2D eigenvalue weighted by molar-refractivity contribution is 5.46. The first-order valence-electron chi connectivity index (χ1n) is 8.18. The molecule has 1 saturated heterocycles. The van der Waals surface area contributed by atoms with E-state index >= 15 is 0 Å². The molecule has 2 nitrogen and oxygen atoms in total. The van der Waals surface area contributed by atoms with E-state index in [1.807, 2.05) is 0 Å². The standard InChI is InChI=1S/C19H25NO/c1-13-4-7-16-18-10-14-5-6-15(21-3)11-17(14)19(16,12-13)8-9-20(18)2/h5-6,11,16,18H,1,4,7-10,12H2,2-3H3/t16-,18-,19+/m0/s1. The number of nitrogens with zero attached hydrogens (tertiary/aromatic N) is 1. The molecule has 112 valence electrons. The summed E-state index contributed by atoms with van der Waals surface area (Å²) in [7, 11) is 4.09. The van der Waals surface area contributed by atoms with Gasteiger partial charge >= 0.3 is 0 Å². The molecule has 0 N–H and O–H groups in total. The van der Waals surface area contributed by atoms with Crippen LogP contribution in [0.5, 0.6) is 5.75 Å². The summed E-state index contributed by atoms with van der Waals surface area (Å²) in [4.78, 5) is 2.60. The lowest BCUT2D eigenvalue weighted by atomic mass is 9.52. The van der Waals surface area contributed by atoms with Crippen molar-refractivity contribution in [3.05, 3.63) is 41.5 Å². The molecule has 0 spiro atoms. The van der Waals surface area contributed by atoms with Crippen LogP contribution in [0.15, 0.2) is 30.4 Å². The van der Waals surface area contributed by atoms with Gasteiger partial charge in [-0.25, -0.2) is 0 Å². The monoisotopic (exact) mass is 283 g/mol. The third kappa shape index (κ3) is 1.81. The van der Waals surface area contributed by atoms with Crippen LogP contribution in [0.4, 0.5) is 0 Å². The minimum Gasteiger partial charge on any atom is -0.497 e. The summed E-state index contributed by atoms with van der Waals surface area (Å²) in [6.07, 6.45) is 6.18. The van der Waals surface area contributed by atoms with Crippen molar-refractivity contribution in [3.8, 4) is 5.75 Å². The third-order valence-corrected chi connectivity index (χ3v) is 6.31. The van der Waals surface area contributed by atoms with Crippen molar-refractivity contribution in [2.45, 2.75) is 43.6 Å². The van der Waals surface area contributed by atoms with Gasteiger partial charge in [-0.2, -0.15) is 0 Å². The minimum absolute atomic E-state index is 0.328. The minimum atomic E-state index is 0.328. The van der Waals surface area contributed by atoms with E-state index in [2.05, 4.69) is 36.7 Å². The van der Waals surface area contributed by atoms with E-state index in [-0.39, 0.29) is 0 Å². The average Bonchev–Trinajstić information content (AvgIpc) is 2.50. The van der Waals surface area contributed by atoms with Crippen molar-refractivity contribution in [1.82, 2.24) is 4.90 Å². The van der Waals surface area contributed by atoms with Gasteiger partial charge in [-0.3, -0.25) is 0 Å². The first-order chi connectivity index (χ1) is 10.1. The van der Waals surface area contributed by atoms with Crippen LogP contribution in [-0.4, -0.2) is 31.6 Å². The molecule has 1 saturated carbocycles. The molecule has 0 radical (unpaired) electrons. The number of likely N-dealkylation sites (tertiary alicyclic amines) is 1. The maximum absolute atomic E-state index is 5.51. The quantitative estimate of drug-likeness (QED) is 0.731. The topological polar surface area (TPSA) is 12.5 Å². The lowest BCUT2D eigenvalue weighted by Crippen LogP contribution is -2.60. The van der Waals surface area contributed by atoms with E-state index < -0.39 is 0 Å². The largest absolute Gasteiger partial charge is 0.497 e. The van der Waals surface area contributed by atoms with Crippen molar-refractivity contribution in [2.24, 2.45) is 5.92 Å². The van der Waals surface area contributed by atoms with E-state index in [4.69, 9.17) is 4.74 Å². The Morgan fingerprint density at radius 1 is 1.38 bits per heavy atom. The van der Waals surface area contributed by atoms with Gasteiger partial charge in [-0.1, -0.05) is 18.2 Å². The Bertz CT molecular complexity index is 593. The lowest BCUT2D eigenvalue weighted by molar-refractivity contribution is 0.0149. The molecule has 3 atom stereocenters. The molecule has 2 heteroatoms. The molecule has 1 aromatic carbocycles. The second-order valence-corrected chi connectivity index (χ2v) is 7.25. The van der Waals surface area contributed by atoms with Crippen molar-refractivity contribution in [3.63, 3.8) is 0 Å². The van der Waals surface area contributed by atoms with Crippen LogP contribution >= 0.6 is 0 Å². The predicted octanol–water partition coefficient (Wildman–Crippen LogP) is 3.55. The van der Waals surface area contributed by atoms with E-state index in [0.29, 0.717) is 11.5 Å². The fourth-order valence-corrected chi connectivity index (χ4v) is 5.26. The van der Waals surface area contributed by atoms with Crippen LogP contribution in [0.25, 0.3) is 0 Å². The van der Waals surface area contributed by atoms with Crippen LogP contribution < -0.4 is 4.74 Å². The first-order valence-corrected chi connectivity index (χ1v) is 8.18. The van der Waals surface area contributed by atoms with Gasteiger partial charge < -0.3 is 9.64 Å². The molecule has 21 heavy (non-hydrogen) atoms. The van der Waals surface area contributed by atoms with Crippen LogP contribution in [0.1, 0.15) is 36.8 Å². The highest BCUT2D eigenvalue weighted by Gasteiger charge is 2.53. The summed E-state index contributed by atoms with van der Waals surface area (Å²) in [5.41, 5.74) is 4.88. The Balaban J connectivity index is 1.90. The molecule has 0 amide bonds. The number of allylic oxidation sites excluding steroid dienone is 1. The Labute approximate surface area is 127 Å². The zero-order valence-corrected chi connectivity index (χ0v) is 13.2. The van der Waals surface area contributed by atoms with Gasteiger partial charge in [-0.15, -0.1) is 0 Å². The second-order valence-electron chi connectivity index (χ2n) is 7.25. The fourth-order valence-electron chi connectivity index (χ4n) is 5.26. The lowest BCUT2D eigenvalue weighted by Gasteiger charge is -2.58. The number of hydrogen-bond acceptors (Lipinski definition) is 2. The van der Waals surface area contributed by atoms with Crippen LogP contribution in [0.2, 0.25) is 0 Å². The fraction of sp³-hybridized carbons (Fsp3) is 0.579. The van der Waals surface area contributed by atoms with Crippen LogP contribution in [0.3, 0.4) is 0 Å². The van der Waals surface area contributed by atoms with Gasteiger partial charge in [0.05, 0.1) is 7.11 Å². The number of likely N-dealkylation sites (N-methyl/N-ethyl adjacent to an activating group) is 1. The number of rotatable bonds is 1. The highest BCUT2D eigenvalue weighted by atomic mass is 16.5. The van der Waals surface area contributed by atoms with Crippen molar-refractivity contribution in [2.75, 3.05) is 20.7 Å². The number of hydrogen-bond donors (Lipinski definition) is 0. The molecule has 2 fully saturated rings. The second kappa shape index (κ2) is 4.61. The van der Waals surface area contributed by atoms with E-state index in [1.165, 1.54) is 44.2 Å². The Morgan fingerprint density at radius 2 is 2.24 bits per heavy atom. The summed E-state index contributed by atoms with van der Waals surface area (Å²) in [6, 6.07) is 7.47. The van der Waals surface area contributed by atoms with E-state index in [1.54, 1.807) is 18.2 Å². The maximum atomic E-state index is 5.51. The third-order valence-electron chi connectivity index (χ3n) is 6.31. The van der Waals surface area contributed by atoms with Gasteiger partial charge in [-0.05, 0) is 74.9 Å². The average molecular weight is 283 g/mol. The molecule has 4 rings (SSSR count). The molecule has 3 aliphatic rings. The van der Waals surface area contributed by atoms with Gasteiger partial charge in [0.1, 0.15) is 5.75 Å². The highest BCUT2D eigenvalue weighted by Crippen LogP contribution is 2.56. The first kappa shape index (κ1) is 13.4. The van der Waals surface area contributed by atoms with Crippen LogP contribution in [-0.2, 0) is 11.8 Å². The van der Waals surface area contributed by atoms with Crippen LogP contribution in [0, 0.1) is 5.92 Å². The Kier molecular flexibility index (Phi) is 2.94. The number of ether oxygens (including phenoxy) is 1. The van der Waals surface area contributed by atoms with Gasteiger partial charge in [0.2, 0.25) is 0 Å². The molecule has 0 unspecified atom stereocenters. The number of methoxy groups -OCH3 is 1. The van der Waals surface area contributed by atoms with Gasteiger partial charge in [0.25, 0.3) is 0 Å².